The van der Waals surface area contributed by atoms with Crippen LogP contribution in [0.25, 0.3) is 64.7 Å². The van der Waals surface area contributed by atoms with E-state index in [2.05, 4.69) is 221 Å². The van der Waals surface area contributed by atoms with Crippen LogP contribution in [0, 0.1) is 0 Å². The molecule has 276 valence electrons. The van der Waals surface area contributed by atoms with Gasteiger partial charge in [-0.2, -0.15) is 0 Å². The first-order valence-corrected chi connectivity index (χ1v) is 20.9. The van der Waals surface area contributed by atoms with Gasteiger partial charge in [-0.1, -0.05) is 173 Å². The van der Waals surface area contributed by atoms with Crippen LogP contribution in [0.3, 0.4) is 0 Å². The number of hydrogen-bond acceptors (Lipinski definition) is 2. The molecule has 1 aromatic heterocycles. The van der Waals surface area contributed by atoms with E-state index in [0.717, 1.165) is 17.1 Å². The number of para-hydroxylation sites is 1. The molecular weight excluding hydrogens is 707 g/mol. The second-order valence-electron chi connectivity index (χ2n) is 16.9. The molecule has 1 aliphatic carbocycles. The van der Waals surface area contributed by atoms with E-state index >= 15 is 0 Å². The van der Waals surface area contributed by atoms with Gasteiger partial charge in [0.2, 0.25) is 0 Å². The zero-order valence-electron chi connectivity index (χ0n) is 33.0. The fourth-order valence-electron chi connectivity index (χ4n) is 9.49. The van der Waals surface area contributed by atoms with Crippen molar-refractivity contribution in [2.24, 2.45) is 0 Å². The highest BCUT2D eigenvalue weighted by molar-refractivity contribution is 7.25. The van der Waals surface area contributed by atoms with Crippen LogP contribution in [0.2, 0.25) is 0 Å². The van der Waals surface area contributed by atoms with Crippen molar-refractivity contribution in [2.75, 3.05) is 4.90 Å². The van der Waals surface area contributed by atoms with Crippen molar-refractivity contribution in [3.8, 4) is 44.5 Å². The van der Waals surface area contributed by atoms with Crippen molar-refractivity contribution < 1.29 is 0 Å². The number of hydrogen-bond donors (Lipinski definition) is 0. The Labute approximate surface area is 340 Å². The van der Waals surface area contributed by atoms with Gasteiger partial charge in [-0.3, -0.25) is 0 Å². The van der Waals surface area contributed by atoms with Gasteiger partial charge in [-0.15, -0.1) is 11.3 Å². The number of fused-ring (bicyclic) bond motifs is 4. The lowest BCUT2D eigenvalue weighted by molar-refractivity contribution is 0.403. The monoisotopic (exact) mass is 751 g/mol. The standard InChI is InChI=1S/C55H45NS/c1-54(2)36-55(3,4)50-34-42(27-33-49(50)54)39-20-18-37(19-21-39)38-22-28-44(29-23-38)56(51-16-10-8-14-46(51)41-12-6-5-7-13-41)45-30-24-40(25-31-45)43-26-32-48-47-15-9-11-17-52(47)57-53(48)35-43/h5-35H,36H2,1-4H3. The van der Waals surface area contributed by atoms with Crippen molar-refractivity contribution in [2.45, 2.75) is 44.9 Å². The lowest BCUT2D eigenvalue weighted by atomic mass is 9.82. The minimum atomic E-state index is 0.184. The Balaban J connectivity index is 0.987. The summed E-state index contributed by atoms with van der Waals surface area (Å²) in [6.45, 7) is 9.54. The van der Waals surface area contributed by atoms with Crippen molar-refractivity contribution in [1.29, 1.82) is 0 Å². The predicted molar refractivity (Wildman–Crippen MR) is 246 cm³/mol. The van der Waals surface area contributed by atoms with Gasteiger partial charge in [0.1, 0.15) is 0 Å². The normalized spacial score (nSPS) is 14.2. The molecule has 0 spiro atoms. The van der Waals surface area contributed by atoms with Crippen molar-refractivity contribution in [3.63, 3.8) is 0 Å². The number of anilines is 3. The van der Waals surface area contributed by atoms with Crippen LogP contribution >= 0.6 is 11.3 Å². The van der Waals surface area contributed by atoms with Crippen LogP contribution in [-0.4, -0.2) is 0 Å². The molecule has 0 radical (unpaired) electrons. The molecule has 0 N–H and O–H groups in total. The SMILES string of the molecule is CC1(C)CC(C)(C)c2cc(-c3ccc(-c4ccc(N(c5ccc(-c6ccc7c(c6)sc6ccccc67)cc5)c5ccccc5-c5ccccc5)cc4)cc3)ccc21. The first-order chi connectivity index (χ1) is 27.7. The summed E-state index contributed by atoms with van der Waals surface area (Å²) in [4.78, 5) is 2.39. The van der Waals surface area contributed by atoms with Gasteiger partial charge in [-0.25, -0.2) is 0 Å². The van der Waals surface area contributed by atoms with Gasteiger partial charge in [0.05, 0.1) is 5.69 Å². The van der Waals surface area contributed by atoms with Gasteiger partial charge in [0.25, 0.3) is 0 Å². The van der Waals surface area contributed by atoms with Gasteiger partial charge >= 0.3 is 0 Å². The van der Waals surface area contributed by atoms with Crippen LogP contribution in [0.15, 0.2) is 188 Å². The molecule has 8 aromatic carbocycles. The first-order valence-electron chi connectivity index (χ1n) is 20.0. The third kappa shape index (κ3) is 6.35. The average molecular weight is 752 g/mol. The average Bonchev–Trinajstić information content (AvgIpc) is 3.71. The lowest BCUT2D eigenvalue weighted by Gasteiger charge is -2.28. The predicted octanol–water partition coefficient (Wildman–Crippen LogP) is 16.2. The Hall–Kier alpha value is -6.22. The molecule has 1 nitrogen and oxygen atoms in total. The maximum Gasteiger partial charge on any atom is 0.0540 e. The summed E-state index contributed by atoms with van der Waals surface area (Å²) < 4.78 is 2.65. The van der Waals surface area contributed by atoms with E-state index in [1.165, 1.54) is 82.2 Å². The molecule has 9 aromatic rings. The zero-order valence-corrected chi connectivity index (χ0v) is 33.8. The summed E-state index contributed by atoms with van der Waals surface area (Å²) >= 11 is 1.87. The van der Waals surface area contributed by atoms with Crippen LogP contribution in [0.4, 0.5) is 17.1 Å². The number of rotatable bonds is 7. The van der Waals surface area contributed by atoms with E-state index in [4.69, 9.17) is 0 Å². The molecule has 2 heteroatoms. The molecule has 0 unspecified atom stereocenters. The molecule has 1 heterocycles. The highest BCUT2D eigenvalue weighted by atomic mass is 32.1. The van der Waals surface area contributed by atoms with E-state index in [1.54, 1.807) is 0 Å². The summed E-state index contributed by atoms with van der Waals surface area (Å²) in [6.07, 6.45) is 1.18. The Morgan fingerprint density at radius 3 is 1.56 bits per heavy atom. The van der Waals surface area contributed by atoms with Gasteiger partial charge < -0.3 is 4.90 Å². The van der Waals surface area contributed by atoms with E-state index in [9.17, 15) is 0 Å². The molecule has 57 heavy (non-hydrogen) atoms. The van der Waals surface area contributed by atoms with E-state index < -0.39 is 0 Å². The Kier molecular flexibility index (Phi) is 8.50. The fourth-order valence-corrected chi connectivity index (χ4v) is 10.6. The van der Waals surface area contributed by atoms with E-state index in [0.29, 0.717) is 0 Å². The maximum absolute atomic E-state index is 2.44. The van der Waals surface area contributed by atoms with Crippen LogP contribution in [0.1, 0.15) is 45.2 Å². The number of thiophene rings is 1. The van der Waals surface area contributed by atoms with Gasteiger partial charge in [0, 0.05) is 37.1 Å². The van der Waals surface area contributed by atoms with Crippen molar-refractivity contribution >= 4 is 48.6 Å². The quantitative estimate of drug-likeness (QED) is 0.157. The van der Waals surface area contributed by atoms with Gasteiger partial charge in [-0.05, 0) is 110 Å². The van der Waals surface area contributed by atoms with Crippen LogP contribution in [0.5, 0.6) is 0 Å². The second-order valence-corrected chi connectivity index (χ2v) is 18.0. The molecule has 0 fully saturated rings. The maximum atomic E-state index is 2.44. The number of nitrogens with zero attached hydrogens (tertiary/aromatic N) is 1. The lowest BCUT2D eigenvalue weighted by Crippen LogP contribution is -2.17. The Morgan fingerprint density at radius 2 is 0.877 bits per heavy atom. The van der Waals surface area contributed by atoms with Gasteiger partial charge in [0.15, 0.2) is 0 Å². The summed E-state index contributed by atoms with van der Waals surface area (Å²) in [5, 5.41) is 2.66. The zero-order chi connectivity index (χ0) is 38.7. The minimum absolute atomic E-state index is 0.184. The third-order valence-corrected chi connectivity index (χ3v) is 13.2. The van der Waals surface area contributed by atoms with Crippen molar-refractivity contribution in [1.82, 2.24) is 0 Å². The molecule has 0 atom stereocenters. The number of benzene rings is 8. The summed E-state index contributed by atoms with van der Waals surface area (Å²) in [5.41, 5.74) is 16.5. The van der Waals surface area contributed by atoms with E-state index in [-0.39, 0.29) is 10.8 Å². The molecule has 0 bridgehead atoms. The summed E-state index contributed by atoms with van der Waals surface area (Å²) in [7, 11) is 0. The largest absolute Gasteiger partial charge is 0.310 e. The Morgan fingerprint density at radius 1 is 0.386 bits per heavy atom. The molecular formula is C55H45NS. The summed E-state index contributed by atoms with van der Waals surface area (Å²) in [6, 6.07) is 69.3. The van der Waals surface area contributed by atoms with Crippen LogP contribution < -0.4 is 4.90 Å². The molecule has 10 rings (SSSR count). The van der Waals surface area contributed by atoms with Crippen LogP contribution in [-0.2, 0) is 10.8 Å². The first kappa shape index (κ1) is 35.2. The topological polar surface area (TPSA) is 3.24 Å². The third-order valence-electron chi connectivity index (χ3n) is 12.1. The smallest absolute Gasteiger partial charge is 0.0540 e. The minimum Gasteiger partial charge on any atom is -0.310 e. The Bertz CT molecular complexity index is 2900. The molecule has 0 aliphatic heterocycles. The summed E-state index contributed by atoms with van der Waals surface area (Å²) in [5.74, 6) is 0. The molecule has 0 saturated carbocycles. The highest BCUT2D eigenvalue weighted by Crippen LogP contribution is 2.50. The fraction of sp³-hybridized carbons (Fsp3) is 0.127. The molecule has 1 aliphatic rings. The van der Waals surface area contributed by atoms with E-state index in [1.807, 2.05) is 11.3 Å². The van der Waals surface area contributed by atoms with Crippen molar-refractivity contribution in [3.05, 3.63) is 199 Å². The molecule has 0 saturated heterocycles. The molecule has 0 amide bonds. The highest BCUT2D eigenvalue weighted by Gasteiger charge is 2.41. The second kappa shape index (κ2) is 13.8.